The average molecular weight is 488 g/mol. The summed E-state index contributed by atoms with van der Waals surface area (Å²) in [6, 6.07) is 12.1. The fraction of sp³-hybridized carbons (Fsp3) is 0.400. The summed E-state index contributed by atoms with van der Waals surface area (Å²) in [5.41, 5.74) is 1.41. The standard InChI is InChI=1S/C25H30ClN3O3S/c1-2-3-15-32-20-12-9-17(10-13-20)23(30)29-25(33)28-19-11-14-22(26)21(16-19)24(31)27-18-7-5-4-6-8-18/h9-14,16,18H,2-8,15H2,1H3,(H,27,31)(H2,28,29,30,33). The van der Waals surface area contributed by atoms with E-state index < -0.39 is 0 Å². The van der Waals surface area contributed by atoms with Crippen molar-refractivity contribution in [2.75, 3.05) is 11.9 Å². The van der Waals surface area contributed by atoms with Gasteiger partial charge in [0.15, 0.2) is 5.11 Å². The van der Waals surface area contributed by atoms with Gasteiger partial charge in [-0.15, -0.1) is 0 Å². The van der Waals surface area contributed by atoms with Gasteiger partial charge in [0, 0.05) is 17.3 Å². The van der Waals surface area contributed by atoms with Crippen LogP contribution in [0.15, 0.2) is 42.5 Å². The van der Waals surface area contributed by atoms with Crippen LogP contribution in [0.2, 0.25) is 5.02 Å². The van der Waals surface area contributed by atoms with Crippen LogP contribution in [0.1, 0.15) is 72.6 Å². The highest BCUT2D eigenvalue weighted by atomic mass is 35.5. The van der Waals surface area contributed by atoms with Crippen LogP contribution in [0.25, 0.3) is 0 Å². The maximum Gasteiger partial charge on any atom is 0.257 e. The molecule has 1 saturated carbocycles. The number of unbranched alkanes of at least 4 members (excludes halogenated alkanes) is 1. The Balaban J connectivity index is 1.55. The molecule has 0 atom stereocenters. The number of halogens is 1. The van der Waals surface area contributed by atoms with Crippen LogP contribution in [0.5, 0.6) is 5.75 Å². The lowest BCUT2D eigenvalue weighted by molar-refractivity contribution is 0.0926. The van der Waals surface area contributed by atoms with Crippen LogP contribution in [0, 0.1) is 0 Å². The molecule has 33 heavy (non-hydrogen) atoms. The van der Waals surface area contributed by atoms with E-state index in [1.165, 1.54) is 6.42 Å². The van der Waals surface area contributed by atoms with Gasteiger partial charge in [-0.05, 0) is 73.9 Å². The van der Waals surface area contributed by atoms with E-state index in [4.69, 9.17) is 28.6 Å². The Labute approximate surface area is 205 Å². The van der Waals surface area contributed by atoms with Crippen LogP contribution in [-0.2, 0) is 0 Å². The summed E-state index contributed by atoms with van der Waals surface area (Å²) in [4.78, 5) is 25.2. The molecular weight excluding hydrogens is 458 g/mol. The third kappa shape index (κ3) is 7.72. The van der Waals surface area contributed by atoms with Crippen LogP contribution in [0.4, 0.5) is 5.69 Å². The number of rotatable bonds is 8. The number of thiocarbonyl (C=S) groups is 1. The molecule has 0 bridgehead atoms. The van der Waals surface area contributed by atoms with Crippen molar-refractivity contribution < 1.29 is 14.3 Å². The average Bonchev–Trinajstić information content (AvgIpc) is 2.81. The smallest absolute Gasteiger partial charge is 0.257 e. The zero-order valence-electron chi connectivity index (χ0n) is 18.8. The number of carbonyl (C=O) groups excluding carboxylic acids is 2. The topological polar surface area (TPSA) is 79.5 Å². The highest BCUT2D eigenvalue weighted by molar-refractivity contribution is 7.80. The van der Waals surface area contributed by atoms with Crippen LogP contribution < -0.4 is 20.7 Å². The van der Waals surface area contributed by atoms with Crippen LogP contribution >= 0.6 is 23.8 Å². The fourth-order valence-electron chi connectivity index (χ4n) is 3.66. The Hall–Kier alpha value is -2.64. The minimum absolute atomic E-state index is 0.129. The number of carbonyl (C=O) groups is 2. The zero-order valence-corrected chi connectivity index (χ0v) is 20.4. The number of hydrogen-bond donors (Lipinski definition) is 3. The maximum absolute atomic E-state index is 12.7. The molecule has 0 saturated heterocycles. The molecule has 0 heterocycles. The first-order valence-corrected chi connectivity index (χ1v) is 12.2. The molecule has 0 spiro atoms. The van der Waals surface area contributed by atoms with Crippen molar-refractivity contribution in [2.24, 2.45) is 0 Å². The number of benzene rings is 2. The molecule has 0 aliphatic heterocycles. The van der Waals surface area contributed by atoms with E-state index in [2.05, 4.69) is 22.9 Å². The minimum Gasteiger partial charge on any atom is -0.494 e. The Morgan fingerprint density at radius 3 is 2.48 bits per heavy atom. The highest BCUT2D eigenvalue weighted by Gasteiger charge is 2.19. The number of nitrogens with one attached hydrogen (secondary N) is 3. The van der Waals surface area contributed by atoms with Crippen molar-refractivity contribution in [3.8, 4) is 5.75 Å². The monoisotopic (exact) mass is 487 g/mol. The second kappa shape index (κ2) is 12.6. The van der Waals surface area contributed by atoms with Gasteiger partial charge in [0.1, 0.15) is 5.75 Å². The summed E-state index contributed by atoms with van der Waals surface area (Å²) < 4.78 is 5.62. The summed E-state index contributed by atoms with van der Waals surface area (Å²) in [5, 5.41) is 9.16. The summed E-state index contributed by atoms with van der Waals surface area (Å²) in [6.07, 6.45) is 7.49. The molecule has 3 N–H and O–H groups in total. The summed E-state index contributed by atoms with van der Waals surface area (Å²) >= 11 is 11.5. The molecule has 0 unspecified atom stereocenters. The van der Waals surface area contributed by atoms with Gasteiger partial charge in [-0.2, -0.15) is 0 Å². The van der Waals surface area contributed by atoms with E-state index in [-0.39, 0.29) is 23.0 Å². The van der Waals surface area contributed by atoms with Crippen molar-refractivity contribution in [1.29, 1.82) is 0 Å². The van der Waals surface area contributed by atoms with Crippen LogP contribution in [0.3, 0.4) is 0 Å². The fourth-order valence-corrected chi connectivity index (χ4v) is 4.08. The van der Waals surface area contributed by atoms with E-state index in [9.17, 15) is 9.59 Å². The Morgan fingerprint density at radius 1 is 1.06 bits per heavy atom. The Bertz CT molecular complexity index is 975. The molecule has 1 aliphatic rings. The normalized spacial score (nSPS) is 13.8. The van der Waals surface area contributed by atoms with E-state index in [0.717, 1.165) is 44.3 Å². The number of anilines is 1. The SMILES string of the molecule is CCCCOc1ccc(C(=O)NC(=S)Nc2ccc(Cl)c(C(=O)NC3CCCCC3)c2)cc1. The molecule has 0 radical (unpaired) electrons. The molecule has 3 rings (SSSR count). The van der Waals surface area contributed by atoms with Crippen molar-refractivity contribution >= 4 is 46.4 Å². The van der Waals surface area contributed by atoms with Crippen molar-refractivity contribution in [1.82, 2.24) is 10.6 Å². The highest BCUT2D eigenvalue weighted by Crippen LogP contribution is 2.23. The van der Waals surface area contributed by atoms with E-state index in [1.807, 2.05) is 0 Å². The van der Waals surface area contributed by atoms with Gasteiger partial charge in [0.2, 0.25) is 0 Å². The van der Waals surface area contributed by atoms with Gasteiger partial charge in [-0.25, -0.2) is 0 Å². The lowest BCUT2D eigenvalue weighted by Crippen LogP contribution is -2.36. The molecule has 1 fully saturated rings. The third-order valence-electron chi connectivity index (χ3n) is 5.52. The molecule has 0 aromatic heterocycles. The molecule has 1 aliphatic carbocycles. The minimum atomic E-state index is -0.336. The quantitative estimate of drug-likeness (QED) is 0.328. The first-order valence-electron chi connectivity index (χ1n) is 11.4. The molecule has 2 aromatic rings. The molecule has 176 valence electrons. The number of amides is 2. The Morgan fingerprint density at radius 2 is 1.79 bits per heavy atom. The third-order valence-corrected chi connectivity index (χ3v) is 6.05. The molecule has 2 amide bonds. The van der Waals surface area contributed by atoms with E-state index in [0.29, 0.717) is 28.4 Å². The first kappa shape index (κ1) is 25.0. The van der Waals surface area contributed by atoms with E-state index in [1.54, 1.807) is 42.5 Å². The van der Waals surface area contributed by atoms with Gasteiger partial charge < -0.3 is 15.4 Å². The van der Waals surface area contributed by atoms with Gasteiger partial charge in [-0.1, -0.05) is 44.2 Å². The predicted molar refractivity (Wildman–Crippen MR) is 136 cm³/mol. The van der Waals surface area contributed by atoms with Crippen molar-refractivity contribution in [2.45, 2.75) is 57.9 Å². The van der Waals surface area contributed by atoms with Crippen molar-refractivity contribution in [3.63, 3.8) is 0 Å². The Kier molecular flexibility index (Phi) is 9.51. The molecule has 2 aromatic carbocycles. The molecule has 8 heteroatoms. The van der Waals surface area contributed by atoms with Gasteiger partial charge >= 0.3 is 0 Å². The summed E-state index contributed by atoms with van der Waals surface area (Å²) in [7, 11) is 0. The van der Waals surface area contributed by atoms with Gasteiger partial charge in [0.25, 0.3) is 11.8 Å². The summed E-state index contributed by atoms with van der Waals surface area (Å²) in [5.74, 6) is 0.185. The molecule has 6 nitrogen and oxygen atoms in total. The van der Waals surface area contributed by atoms with Crippen molar-refractivity contribution in [3.05, 3.63) is 58.6 Å². The number of ether oxygens (including phenoxy) is 1. The van der Waals surface area contributed by atoms with Gasteiger partial charge in [-0.3, -0.25) is 14.9 Å². The summed E-state index contributed by atoms with van der Waals surface area (Å²) in [6.45, 7) is 2.75. The predicted octanol–water partition coefficient (Wildman–Crippen LogP) is 5.71. The largest absolute Gasteiger partial charge is 0.494 e. The maximum atomic E-state index is 12.7. The van der Waals surface area contributed by atoms with Crippen LogP contribution in [-0.4, -0.2) is 29.6 Å². The lowest BCUT2D eigenvalue weighted by Gasteiger charge is -2.23. The van der Waals surface area contributed by atoms with Gasteiger partial charge in [0.05, 0.1) is 17.2 Å². The zero-order chi connectivity index (χ0) is 23.6. The first-order chi connectivity index (χ1) is 16.0. The second-order valence-corrected chi connectivity index (χ2v) is 8.95. The number of hydrogen-bond acceptors (Lipinski definition) is 4. The van der Waals surface area contributed by atoms with E-state index >= 15 is 0 Å². The molecular formula is C25H30ClN3O3S. The lowest BCUT2D eigenvalue weighted by atomic mass is 9.95. The second-order valence-electron chi connectivity index (χ2n) is 8.14.